The van der Waals surface area contributed by atoms with Gasteiger partial charge >= 0.3 is 6.36 Å². The number of halogens is 4. The lowest BCUT2D eigenvalue weighted by molar-refractivity contribution is -0.275. The van der Waals surface area contributed by atoms with Crippen LogP contribution in [0.2, 0.25) is 18.1 Å². The summed E-state index contributed by atoms with van der Waals surface area (Å²) in [4.78, 5) is 0. The summed E-state index contributed by atoms with van der Waals surface area (Å²) in [5.74, 6) is -0.200. The smallest absolute Gasteiger partial charge is 0.541 e. The van der Waals surface area contributed by atoms with Crippen LogP contribution < -0.4 is 9.16 Å². The van der Waals surface area contributed by atoms with E-state index in [1.807, 2.05) is 33.9 Å². The second kappa shape index (κ2) is 5.59. The molecular weight excluding hydrogens is 353 g/mol. The molecule has 0 radical (unpaired) electrons. The number of hydrogen-bond acceptors (Lipinski definition) is 2. The molecule has 7 heteroatoms. The summed E-state index contributed by atoms with van der Waals surface area (Å²) in [6.07, 6.45) is -4.74. The highest BCUT2D eigenvalue weighted by Gasteiger charge is 2.40. The van der Waals surface area contributed by atoms with E-state index >= 15 is 0 Å². The monoisotopic (exact) mass is 370 g/mol. The van der Waals surface area contributed by atoms with Crippen LogP contribution in [0, 0.1) is 0 Å². The van der Waals surface area contributed by atoms with Crippen molar-refractivity contribution in [3.8, 4) is 11.5 Å². The molecule has 1 rings (SSSR count). The van der Waals surface area contributed by atoms with Crippen molar-refractivity contribution < 1.29 is 22.3 Å². The van der Waals surface area contributed by atoms with Crippen LogP contribution in [0.4, 0.5) is 13.2 Å². The Balaban J connectivity index is 3.13. The van der Waals surface area contributed by atoms with E-state index < -0.39 is 14.7 Å². The summed E-state index contributed by atoms with van der Waals surface area (Å²) in [6, 6.07) is 4.38. The molecule has 0 fully saturated rings. The van der Waals surface area contributed by atoms with E-state index in [-0.39, 0.29) is 16.5 Å². The van der Waals surface area contributed by atoms with E-state index in [2.05, 4.69) is 20.7 Å². The van der Waals surface area contributed by atoms with Gasteiger partial charge in [-0.3, -0.25) is 0 Å². The van der Waals surface area contributed by atoms with E-state index in [1.165, 1.54) is 12.1 Å². The average Bonchev–Trinajstić information content (AvgIpc) is 2.18. The molecule has 1 aromatic rings. The van der Waals surface area contributed by atoms with Gasteiger partial charge in [0.05, 0.1) is 0 Å². The number of benzene rings is 1. The van der Waals surface area contributed by atoms with Gasteiger partial charge in [-0.1, -0.05) is 36.7 Å². The molecule has 0 aliphatic carbocycles. The van der Waals surface area contributed by atoms with Crippen molar-refractivity contribution in [2.75, 3.05) is 0 Å². The molecule has 0 N–H and O–H groups in total. The number of alkyl halides is 3. The van der Waals surface area contributed by atoms with Crippen LogP contribution in [0.3, 0.4) is 0 Å². The minimum absolute atomic E-state index is 0.115. The fourth-order valence-electron chi connectivity index (χ4n) is 1.20. The highest BCUT2D eigenvalue weighted by Crippen LogP contribution is 2.41. The molecule has 2 nitrogen and oxygen atoms in total. The normalized spacial score (nSPS) is 13.2. The Morgan fingerprint density at radius 3 is 2.05 bits per heavy atom. The standard InChI is InChI=1S/C13H18BrF3O2Si/c1-12(2,3)20(4,5)19-10-7-6-9(14)8-11(10)18-13(15,16)17/h6-8H,1-5H3. The van der Waals surface area contributed by atoms with Crippen LogP contribution in [-0.4, -0.2) is 14.7 Å². The fraction of sp³-hybridized carbons (Fsp3) is 0.538. The van der Waals surface area contributed by atoms with Gasteiger partial charge in [0.15, 0.2) is 5.75 Å². The van der Waals surface area contributed by atoms with Crippen molar-refractivity contribution in [2.24, 2.45) is 0 Å². The molecule has 114 valence electrons. The van der Waals surface area contributed by atoms with E-state index in [9.17, 15) is 13.2 Å². The Kier molecular flexibility index (Phi) is 4.86. The van der Waals surface area contributed by atoms with Crippen molar-refractivity contribution in [1.82, 2.24) is 0 Å². The molecule has 0 aliphatic rings. The zero-order chi connectivity index (χ0) is 15.8. The number of rotatable bonds is 3. The number of ether oxygens (including phenoxy) is 1. The molecule has 1 aromatic carbocycles. The van der Waals surface area contributed by atoms with Crippen LogP contribution in [-0.2, 0) is 0 Å². The topological polar surface area (TPSA) is 18.5 Å². The van der Waals surface area contributed by atoms with E-state index in [4.69, 9.17) is 4.43 Å². The highest BCUT2D eigenvalue weighted by molar-refractivity contribution is 9.10. The Morgan fingerprint density at radius 2 is 1.60 bits per heavy atom. The van der Waals surface area contributed by atoms with E-state index in [1.54, 1.807) is 6.07 Å². The lowest BCUT2D eigenvalue weighted by Gasteiger charge is -2.36. The molecule has 0 saturated heterocycles. The maximum Gasteiger partial charge on any atom is 0.573 e. The summed E-state index contributed by atoms with van der Waals surface area (Å²) in [7, 11) is -2.23. The second-order valence-corrected chi connectivity index (χ2v) is 11.6. The predicted octanol–water partition coefficient (Wildman–Crippen LogP) is 5.73. The largest absolute Gasteiger partial charge is 0.573 e. The highest BCUT2D eigenvalue weighted by atomic mass is 79.9. The third kappa shape index (κ3) is 4.70. The SMILES string of the molecule is CC(C)(C)[Si](C)(C)Oc1ccc(Br)cc1OC(F)(F)F. The van der Waals surface area contributed by atoms with Gasteiger partial charge in [-0.05, 0) is 36.3 Å². The first-order chi connectivity index (χ1) is 8.82. The third-order valence-corrected chi connectivity index (χ3v) is 8.14. The number of hydrogen-bond donors (Lipinski definition) is 0. The minimum atomic E-state index is -4.74. The second-order valence-electron chi connectivity index (χ2n) is 6.00. The molecule has 0 heterocycles. The van der Waals surface area contributed by atoms with Crippen molar-refractivity contribution in [1.29, 1.82) is 0 Å². The van der Waals surface area contributed by atoms with Crippen LogP contribution in [0.25, 0.3) is 0 Å². The van der Waals surface area contributed by atoms with Crippen LogP contribution in [0.5, 0.6) is 11.5 Å². The molecular formula is C13H18BrF3O2Si. The van der Waals surface area contributed by atoms with Gasteiger partial charge < -0.3 is 9.16 Å². The summed E-state index contributed by atoms with van der Waals surface area (Å²) < 4.78 is 47.7. The Hall–Kier alpha value is -0.693. The van der Waals surface area contributed by atoms with Gasteiger partial charge in [-0.25, -0.2) is 0 Å². The lowest BCUT2D eigenvalue weighted by atomic mass is 10.2. The Labute approximate surface area is 126 Å². The van der Waals surface area contributed by atoms with Gasteiger partial charge in [0.1, 0.15) is 5.75 Å². The summed E-state index contributed by atoms with van der Waals surface area (Å²) >= 11 is 3.13. The molecule has 0 amide bonds. The third-order valence-electron chi connectivity index (χ3n) is 3.30. The zero-order valence-electron chi connectivity index (χ0n) is 12.1. The quantitative estimate of drug-likeness (QED) is 0.632. The van der Waals surface area contributed by atoms with Crippen LogP contribution >= 0.6 is 15.9 Å². The van der Waals surface area contributed by atoms with Gasteiger partial charge in [-0.2, -0.15) is 0 Å². The van der Waals surface area contributed by atoms with Gasteiger partial charge in [-0.15, -0.1) is 13.2 Å². The van der Waals surface area contributed by atoms with Crippen LogP contribution in [0.15, 0.2) is 22.7 Å². The summed E-state index contributed by atoms with van der Waals surface area (Å²) in [6.45, 7) is 9.98. The van der Waals surface area contributed by atoms with E-state index in [0.717, 1.165) is 0 Å². The maximum absolute atomic E-state index is 12.4. The average molecular weight is 371 g/mol. The first-order valence-electron chi connectivity index (χ1n) is 6.06. The molecule has 0 spiro atoms. The Bertz CT molecular complexity index is 481. The van der Waals surface area contributed by atoms with Crippen molar-refractivity contribution in [3.63, 3.8) is 0 Å². The zero-order valence-corrected chi connectivity index (χ0v) is 14.6. The predicted molar refractivity (Wildman–Crippen MR) is 78.7 cm³/mol. The van der Waals surface area contributed by atoms with Gasteiger partial charge in [0, 0.05) is 4.47 Å². The van der Waals surface area contributed by atoms with E-state index in [0.29, 0.717) is 4.47 Å². The molecule has 0 aromatic heterocycles. The summed E-state index contributed by atoms with van der Waals surface area (Å²) in [5, 5.41) is -0.115. The molecule has 0 saturated carbocycles. The molecule has 0 bridgehead atoms. The van der Waals surface area contributed by atoms with Gasteiger partial charge in [0.25, 0.3) is 8.32 Å². The first-order valence-corrected chi connectivity index (χ1v) is 9.76. The lowest BCUT2D eigenvalue weighted by Crippen LogP contribution is -2.44. The van der Waals surface area contributed by atoms with Crippen molar-refractivity contribution in [3.05, 3.63) is 22.7 Å². The Morgan fingerprint density at radius 1 is 1.05 bits per heavy atom. The summed E-state index contributed by atoms with van der Waals surface area (Å²) in [5.41, 5.74) is 0. The first kappa shape index (κ1) is 17.4. The van der Waals surface area contributed by atoms with Crippen LogP contribution in [0.1, 0.15) is 20.8 Å². The van der Waals surface area contributed by atoms with Crippen molar-refractivity contribution in [2.45, 2.75) is 45.3 Å². The minimum Gasteiger partial charge on any atom is -0.541 e. The molecule has 0 unspecified atom stereocenters. The molecule has 20 heavy (non-hydrogen) atoms. The molecule has 0 aliphatic heterocycles. The fourth-order valence-corrected chi connectivity index (χ4v) is 2.56. The molecule has 0 atom stereocenters. The maximum atomic E-state index is 12.4. The van der Waals surface area contributed by atoms with Crippen molar-refractivity contribution >= 4 is 24.2 Å². The van der Waals surface area contributed by atoms with Gasteiger partial charge in [0.2, 0.25) is 0 Å².